The molecule has 0 aliphatic heterocycles. The van der Waals surface area contributed by atoms with Gasteiger partial charge < -0.3 is 10.6 Å². The molecule has 2 amide bonds. The number of urea groups is 1. The smallest absolute Gasteiger partial charge is 0.319 e. The van der Waals surface area contributed by atoms with E-state index in [0.717, 1.165) is 10.4 Å². The molecular weight excluding hydrogens is 454 g/mol. The van der Waals surface area contributed by atoms with Gasteiger partial charge in [-0.25, -0.2) is 13.2 Å². The van der Waals surface area contributed by atoms with Gasteiger partial charge in [0.05, 0.1) is 11.4 Å². The van der Waals surface area contributed by atoms with Gasteiger partial charge in [0.2, 0.25) is 0 Å². The summed E-state index contributed by atoms with van der Waals surface area (Å²) in [6.07, 6.45) is 0. The lowest BCUT2D eigenvalue weighted by atomic mass is 10.1. The minimum atomic E-state index is -3.81. The molecule has 0 radical (unpaired) electrons. The van der Waals surface area contributed by atoms with Gasteiger partial charge in [-0.2, -0.15) is 0 Å². The minimum absolute atomic E-state index is 0.196. The average molecular weight is 478 g/mol. The van der Waals surface area contributed by atoms with Crippen molar-refractivity contribution in [1.82, 2.24) is 5.32 Å². The number of rotatable bonds is 7. The first-order valence-corrected chi connectivity index (χ1v) is 12.6. The highest BCUT2D eigenvalue weighted by Gasteiger charge is 2.19. The van der Waals surface area contributed by atoms with Crippen molar-refractivity contribution in [2.24, 2.45) is 0 Å². The van der Waals surface area contributed by atoms with Crippen molar-refractivity contribution in [3.63, 3.8) is 0 Å². The van der Waals surface area contributed by atoms with Crippen molar-refractivity contribution in [2.45, 2.75) is 18.4 Å². The first-order valence-electron chi connectivity index (χ1n) is 10.3. The number of carbonyl (C=O) groups is 1. The van der Waals surface area contributed by atoms with Crippen LogP contribution in [0.2, 0.25) is 0 Å². The Bertz CT molecular complexity index is 1350. The number of benzene rings is 3. The molecule has 0 saturated heterocycles. The fourth-order valence-electron chi connectivity index (χ4n) is 3.31. The van der Waals surface area contributed by atoms with Crippen LogP contribution < -0.4 is 15.4 Å². The number of hydrogen-bond acceptors (Lipinski definition) is 4. The van der Waals surface area contributed by atoms with Gasteiger partial charge in [0.1, 0.15) is 0 Å². The first-order chi connectivity index (χ1) is 15.9. The molecule has 3 aromatic carbocycles. The number of sulfonamides is 1. The molecule has 33 heavy (non-hydrogen) atoms. The van der Waals surface area contributed by atoms with Crippen molar-refractivity contribution in [1.29, 1.82) is 0 Å². The standard InChI is InChI=1S/C25H23N3O3S2/c1-18-15-22(32-17-18)16-26-25(29)27-20-11-13-21(14-12-20)28-33(30,31)24-10-6-5-9-23(24)19-7-3-2-4-8-19/h2-15,17,28H,16H2,1H3,(H2,26,27,29). The van der Waals surface area contributed by atoms with Crippen LogP contribution >= 0.6 is 11.3 Å². The molecular formula is C25H23N3O3S2. The van der Waals surface area contributed by atoms with E-state index in [1.165, 1.54) is 5.56 Å². The third-order valence-corrected chi connectivity index (χ3v) is 7.36. The molecule has 6 nitrogen and oxygen atoms in total. The molecule has 0 atom stereocenters. The Kier molecular flexibility index (Phi) is 6.76. The highest BCUT2D eigenvalue weighted by molar-refractivity contribution is 7.92. The van der Waals surface area contributed by atoms with Gasteiger partial charge in [-0.05, 0) is 59.8 Å². The molecule has 0 unspecified atom stereocenters. The van der Waals surface area contributed by atoms with Crippen molar-refractivity contribution < 1.29 is 13.2 Å². The highest BCUT2D eigenvalue weighted by atomic mass is 32.2. The largest absolute Gasteiger partial charge is 0.333 e. The lowest BCUT2D eigenvalue weighted by Crippen LogP contribution is -2.27. The maximum atomic E-state index is 13.1. The summed E-state index contributed by atoms with van der Waals surface area (Å²) in [5, 5.41) is 7.59. The monoisotopic (exact) mass is 477 g/mol. The van der Waals surface area contributed by atoms with Crippen LogP contribution in [0.5, 0.6) is 0 Å². The van der Waals surface area contributed by atoms with E-state index >= 15 is 0 Å². The summed E-state index contributed by atoms with van der Waals surface area (Å²) < 4.78 is 28.8. The maximum absolute atomic E-state index is 13.1. The quantitative estimate of drug-likeness (QED) is 0.312. The summed E-state index contributed by atoms with van der Waals surface area (Å²) >= 11 is 1.59. The topological polar surface area (TPSA) is 87.3 Å². The van der Waals surface area contributed by atoms with E-state index < -0.39 is 10.0 Å². The third-order valence-electron chi connectivity index (χ3n) is 4.86. The van der Waals surface area contributed by atoms with Crippen molar-refractivity contribution in [3.8, 4) is 11.1 Å². The zero-order chi connectivity index (χ0) is 23.3. The van der Waals surface area contributed by atoms with E-state index in [4.69, 9.17) is 0 Å². The molecule has 0 fully saturated rings. The summed E-state index contributed by atoms with van der Waals surface area (Å²) in [6, 6.07) is 24.5. The number of carbonyl (C=O) groups excluding carboxylic acids is 1. The molecule has 1 heterocycles. The van der Waals surface area contributed by atoms with Gasteiger partial charge in [-0.3, -0.25) is 4.72 Å². The zero-order valence-corrected chi connectivity index (χ0v) is 19.5. The lowest BCUT2D eigenvalue weighted by molar-refractivity contribution is 0.252. The Morgan fingerprint density at radius 2 is 1.55 bits per heavy atom. The Balaban J connectivity index is 1.42. The van der Waals surface area contributed by atoms with Crippen LogP contribution in [0.25, 0.3) is 11.1 Å². The fourth-order valence-corrected chi connectivity index (χ4v) is 5.42. The molecule has 4 aromatic rings. The van der Waals surface area contributed by atoms with Crippen LogP contribution in [-0.2, 0) is 16.6 Å². The van der Waals surface area contributed by atoms with E-state index in [-0.39, 0.29) is 10.9 Å². The average Bonchev–Trinajstić information content (AvgIpc) is 3.24. The summed E-state index contributed by atoms with van der Waals surface area (Å²) in [6.45, 7) is 2.46. The van der Waals surface area contributed by atoms with Gasteiger partial charge >= 0.3 is 6.03 Å². The molecule has 3 N–H and O–H groups in total. The molecule has 168 valence electrons. The predicted molar refractivity (Wildman–Crippen MR) is 134 cm³/mol. The molecule has 0 spiro atoms. The maximum Gasteiger partial charge on any atom is 0.319 e. The van der Waals surface area contributed by atoms with Crippen molar-refractivity contribution in [3.05, 3.63) is 101 Å². The molecule has 1 aromatic heterocycles. The lowest BCUT2D eigenvalue weighted by Gasteiger charge is -2.13. The molecule has 0 bridgehead atoms. The van der Waals surface area contributed by atoms with Crippen molar-refractivity contribution >= 4 is 38.8 Å². The number of nitrogens with one attached hydrogen (secondary N) is 3. The number of hydrogen-bond donors (Lipinski definition) is 3. The van der Waals surface area contributed by atoms with Crippen LogP contribution in [0.1, 0.15) is 10.4 Å². The highest BCUT2D eigenvalue weighted by Crippen LogP contribution is 2.28. The van der Waals surface area contributed by atoms with E-state index in [2.05, 4.69) is 15.4 Å². The van der Waals surface area contributed by atoms with E-state index in [1.54, 1.807) is 53.8 Å². The molecule has 0 saturated carbocycles. The van der Waals surface area contributed by atoms with Crippen LogP contribution in [0.4, 0.5) is 16.2 Å². The molecule has 0 aliphatic rings. The Morgan fingerprint density at radius 1 is 0.879 bits per heavy atom. The van der Waals surface area contributed by atoms with E-state index in [9.17, 15) is 13.2 Å². The summed E-state index contributed by atoms with van der Waals surface area (Å²) in [7, 11) is -3.81. The van der Waals surface area contributed by atoms with Crippen LogP contribution in [-0.4, -0.2) is 14.4 Å². The van der Waals surface area contributed by atoms with E-state index in [0.29, 0.717) is 23.5 Å². The van der Waals surface area contributed by atoms with Gasteiger partial charge in [0.15, 0.2) is 0 Å². The fraction of sp³-hybridized carbons (Fsp3) is 0.0800. The number of anilines is 2. The molecule has 4 rings (SSSR count). The molecule has 0 aliphatic carbocycles. The summed E-state index contributed by atoms with van der Waals surface area (Å²) in [5.41, 5.74) is 3.57. The predicted octanol–water partition coefficient (Wildman–Crippen LogP) is 5.85. The van der Waals surface area contributed by atoms with E-state index in [1.807, 2.05) is 54.8 Å². The van der Waals surface area contributed by atoms with Gasteiger partial charge in [-0.1, -0.05) is 48.5 Å². The normalized spacial score (nSPS) is 11.1. The van der Waals surface area contributed by atoms with Gasteiger partial charge in [0.25, 0.3) is 10.0 Å². The van der Waals surface area contributed by atoms with Crippen LogP contribution in [0.3, 0.4) is 0 Å². The Morgan fingerprint density at radius 3 is 2.24 bits per heavy atom. The minimum Gasteiger partial charge on any atom is -0.333 e. The van der Waals surface area contributed by atoms with Crippen molar-refractivity contribution in [2.75, 3.05) is 10.0 Å². The summed E-state index contributed by atoms with van der Waals surface area (Å²) in [5.74, 6) is 0. The summed E-state index contributed by atoms with van der Waals surface area (Å²) in [4.78, 5) is 13.4. The number of aryl methyl sites for hydroxylation is 1. The first kappa shape index (κ1) is 22.6. The second kappa shape index (κ2) is 9.89. The zero-order valence-electron chi connectivity index (χ0n) is 17.9. The number of amides is 2. The van der Waals surface area contributed by atoms with Crippen LogP contribution in [0, 0.1) is 6.92 Å². The Labute approximate surface area is 197 Å². The second-order valence-corrected chi connectivity index (χ2v) is 10.1. The SMILES string of the molecule is Cc1csc(CNC(=O)Nc2ccc(NS(=O)(=O)c3ccccc3-c3ccccc3)cc2)c1. The van der Waals surface area contributed by atoms with Gasteiger partial charge in [-0.15, -0.1) is 11.3 Å². The third kappa shape index (κ3) is 5.79. The Hall–Kier alpha value is -3.62. The van der Waals surface area contributed by atoms with Gasteiger partial charge in [0, 0.05) is 21.8 Å². The molecule has 8 heteroatoms. The van der Waals surface area contributed by atoms with Crippen LogP contribution in [0.15, 0.2) is 95.2 Å². The number of thiophene rings is 1. The second-order valence-electron chi connectivity index (χ2n) is 7.44.